The fourth-order valence-corrected chi connectivity index (χ4v) is 8.05. The number of fused-ring (bicyclic) bond motifs is 1. The van der Waals surface area contributed by atoms with Crippen LogP contribution < -0.4 is 5.73 Å². The van der Waals surface area contributed by atoms with Crippen molar-refractivity contribution in [2.45, 2.75) is 135 Å². The molecule has 2 N–H and O–H groups in total. The average molecular weight is 720 g/mol. The Hall–Kier alpha value is -3.32. The first-order chi connectivity index (χ1) is 25.6. The molecule has 53 heavy (non-hydrogen) atoms. The summed E-state index contributed by atoms with van der Waals surface area (Å²) in [6.07, 6.45) is 24.7. The third-order valence-electron chi connectivity index (χ3n) is 11.8. The normalized spacial score (nSPS) is 25.2. The predicted molar refractivity (Wildman–Crippen MR) is 221 cm³/mol. The van der Waals surface area contributed by atoms with Crippen LogP contribution in [0.2, 0.25) is 0 Å². The smallest absolute Gasteiger partial charge is 0.156 e. The van der Waals surface area contributed by atoms with Crippen LogP contribution in [0.4, 0.5) is 0 Å². The zero-order valence-corrected chi connectivity index (χ0v) is 33.2. The standard InChI is InChI=1S/C47H65N3O3/c1-33(2)43(48)32-52-47(4,5)24-13-11-20-40-28-39(31-49-40)45-30-44-46(53-45)42(37-19-12-14-25-51-26-23-37)29-41(50-44)27-38-22-21-36(18-10-9-15-34(38)3)35-16-7-6-8-17-35/h6-8,16-18,21-22,28-31,33-34,37-38,40,43H,9-15,19-20,23-27,32,48H2,1-5H3/b22-21-,36-18-/t34?,37?,38?,40?,43-/m1/s1. The maximum Gasteiger partial charge on any atom is 0.156 e. The van der Waals surface area contributed by atoms with Gasteiger partial charge < -0.3 is 19.6 Å². The Bertz CT molecular complexity index is 1720. The Labute approximate surface area is 319 Å². The minimum absolute atomic E-state index is 0.0791. The maximum atomic E-state index is 6.76. The van der Waals surface area contributed by atoms with Crippen molar-refractivity contribution in [3.63, 3.8) is 0 Å². The maximum absolute atomic E-state index is 6.76. The molecule has 5 atom stereocenters. The van der Waals surface area contributed by atoms with Gasteiger partial charge in [0.15, 0.2) is 5.58 Å². The van der Waals surface area contributed by atoms with Crippen LogP contribution in [-0.4, -0.2) is 48.7 Å². The topological polar surface area (TPSA) is 82.9 Å². The molecule has 4 heterocycles. The molecule has 1 aliphatic carbocycles. The highest BCUT2D eigenvalue weighted by molar-refractivity contribution is 6.11. The average Bonchev–Trinajstić information content (AvgIpc) is 3.80. The predicted octanol–water partition coefficient (Wildman–Crippen LogP) is 11.3. The third kappa shape index (κ3) is 11.1. The molecule has 0 saturated carbocycles. The number of hydrogen-bond donors (Lipinski definition) is 1. The number of aliphatic imine (C=N–C) groups is 1. The molecular formula is C47H65N3O3. The monoisotopic (exact) mass is 720 g/mol. The van der Waals surface area contributed by atoms with Gasteiger partial charge in [0.1, 0.15) is 11.3 Å². The van der Waals surface area contributed by atoms with E-state index < -0.39 is 0 Å². The fraction of sp³-hybridized carbons (Fsp3) is 0.574. The van der Waals surface area contributed by atoms with Gasteiger partial charge in [0.05, 0.1) is 18.2 Å². The molecule has 2 aromatic heterocycles. The molecule has 3 aliphatic rings. The highest BCUT2D eigenvalue weighted by atomic mass is 16.5. The van der Waals surface area contributed by atoms with Crippen molar-refractivity contribution in [2.24, 2.45) is 28.5 Å². The van der Waals surface area contributed by atoms with Crippen LogP contribution in [0.3, 0.4) is 0 Å². The molecule has 6 heteroatoms. The molecule has 6 rings (SSSR count). The number of aromatic nitrogens is 1. The number of allylic oxidation sites excluding steroid dienone is 5. The SMILES string of the molecule is CC1CCC/C=C(c2ccccc2)/C=C\C1Cc1cc(C2CCCCOCC2)c2oc(C3=CC(CCCCC(C)(C)OC[C@@H](N)C(C)C)N=C3)cc2n1. The summed E-state index contributed by atoms with van der Waals surface area (Å²) < 4.78 is 18.9. The van der Waals surface area contributed by atoms with E-state index >= 15 is 0 Å². The number of unbranched alkanes of at least 4 members (excludes halogenated alkanes) is 1. The number of nitrogens with zero attached hydrogens (tertiary/aromatic N) is 2. The molecule has 0 bridgehead atoms. The molecule has 0 spiro atoms. The Balaban J connectivity index is 1.18. The van der Waals surface area contributed by atoms with E-state index in [1.165, 1.54) is 41.7 Å². The van der Waals surface area contributed by atoms with E-state index in [-0.39, 0.29) is 17.7 Å². The van der Waals surface area contributed by atoms with Gasteiger partial charge in [-0.2, -0.15) is 0 Å². The van der Waals surface area contributed by atoms with E-state index in [0.717, 1.165) is 93.4 Å². The van der Waals surface area contributed by atoms with Gasteiger partial charge in [0.2, 0.25) is 0 Å². The summed E-state index contributed by atoms with van der Waals surface area (Å²) in [6, 6.07) is 15.6. The van der Waals surface area contributed by atoms with E-state index in [2.05, 4.69) is 101 Å². The van der Waals surface area contributed by atoms with Gasteiger partial charge in [-0.3, -0.25) is 4.99 Å². The molecule has 0 radical (unpaired) electrons. The quantitative estimate of drug-likeness (QED) is 0.168. The number of hydrogen-bond acceptors (Lipinski definition) is 6. The van der Waals surface area contributed by atoms with Gasteiger partial charge in [0, 0.05) is 48.4 Å². The summed E-state index contributed by atoms with van der Waals surface area (Å²) >= 11 is 0. The van der Waals surface area contributed by atoms with E-state index in [1.54, 1.807) is 0 Å². The lowest BCUT2D eigenvalue weighted by Gasteiger charge is -2.28. The Morgan fingerprint density at radius 3 is 2.66 bits per heavy atom. The molecule has 4 unspecified atom stereocenters. The van der Waals surface area contributed by atoms with Crippen LogP contribution in [-0.2, 0) is 15.9 Å². The zero-order chi connectivity index (χ0) is 37.2. The van der Waals surface area contributed by atoms with Crippen LogP contribution in [0, 0.1) is 17.8 Å². The van der Waals surface area contributed by atoms with E-state index in [0.29, 0.717) is 30.3 Å². The molecule has 0 amide bonds. The van der Waals surface area contributed by atoms with Crippen LogP contribution >= 0.6 is 0 Å². The summed E-state index contributed by atoms with van der Waals surface area (Å²) in [5.74, 6) is 2.68. The van der Waals surface area contributed by atoms with Gasteiger partial charge in [0.25, 0.3) is 0 Å². The molecule has 3 aromatic rings. The van der Waals surface area contributed by atoms with Gasteiger partial charge in [-0.25, -0.2) is 4.98 Å². The fourth-order valence-electron chi connectivity index (χ4n) is 8.05. The van der Waals surface area contributed by atoms with Crippen molar-refractivity contribution >= 4 is 28.5 Å². The first-order valence-corrected chi connectivity index (χ1v) is 20.7. The van der Waals surface area contributed by atoms with Crippen molar-refractivity contribution in [3.8, 4) is 0 Å². The molecular weight excluding hydrogens is 655 g/mol. The number of rotatable bonds is 14. The van der Waals surface area contributed by atoms with Gasteiger partial charge >= 0.3 is 0 Å². The lowest BCUT2D eigenvalue weighted by molar-refractivity contribution is -0.0354. The van der Waals surface area contributed by atoms with Crippen LogP contribution in [0.15, 0.2) is 76.2 Å². The lowest BCUT2D eigenvalue weighted by atomic mass is 9.84. The van der Waals surface area contributed by atoms with Crippen LogP contribution in [0.5, 0.6) is 0 Å². The van der Waals surface area contributed by atoms with Crippen molar-refractivity contribution in [1.29, 1.82) is 0 Å². The number of furan rings is 1. The minimum atomic E-state index is -0.168. The zero-order valence-electron chi connectivity index (χ0n) is 33.2. The molecule has 6 nitrogen and oxygen atoms in total. The molecule has 1 aromatic carbocycles. The number of pyridine rings is 1. The molecule has 1 saturated heterocycles. The van der Waals surface area contributed by atoms with Crippen molar-refractivity contribution in [3.05, 3.63) is 89.3 Å². The summed E-state index contributed by atoms with van der Waals surface area (Å²) in [7, 11) is 0. The number of ether oxygens (including phenoxy) is 2. The summed E-state index contributed by atoms with van der Waals surface area (Å²) in [6.45, 7) is 13.4. The second kappa shape index (κ2) is 18.8. The summed E-state index contributed by atoms with van der Waals surface area (Å²) in [5, 5.41) is 0. The van der Waals surface area contributed by atoms with Crippen LogP contribution in [0.25, 0.3) is 22.2 Å². The first-order valence-electron chi connectivity index (χ1n) is 20.7. The molecule has 2 aliphatic heterocycles. The van der Waals surface area contributed by atoms with Crippen molar-refractivity contribution in [2.75, 3.05) is 19.8 Å². The van der Waals surface area contributed by atoms with Gasteiger partial charge in [-0.15, -0.1) is 0 Å². The van der Waals surface area contributed by atoms with Gasteiger partial charge in [-0.1, -0.05) is 88.6 Å². The van der Waals surface area contributed by atoms with E-state index in [9.17, 15) is 0 Å². The van der Waals surface area contributed by atoms with Gasteiger partial charge in [-0.05, 0) is 119 Å². The highest BCUT2D eigenvalue weighted by Crippen LogP contribution is 2.38. The number of benzene rings is 1. The highest BCUT2D eigenvalue weighted by Gasteiger charge is 2.26. The second-order valence-electron chi connectivity index (χ2n) is 17.0. The third-order valence-corrected chi connectivity index (χ3v) is 11.8. The molecule has 1 fully saturated rings. The number of nitrogens with two attached hydrogens (primary N) is 1. The summed E-state index contributed by atoms with van der Waals surface area (Å²) in [4.78, 5) is 10.2. The summed E-state index contributed by atoms with van der Waals surface area (Å²) in [5.41, 5.74) is 14.1. The first kappa shape index (κ1) is 39.4. The Morgan fingerprint density at radius 2 is 1.83 bits per heavy atom. The van der Waals surface area contributed by atoms with Crippen molar-refractivity contribution in [1.82, 2.24) is 4.98 Å². The van der Waals surface area contributed by atoms with E-state index in [4.69, 9.17) is 29.6 Å². The second-order valence-corrected chi connectivity index (χ2v) is 17.0. The van der Waals surface area contributed by atoms with E-state index in [1.807, 2.05) is 6.21 Å². The Morgan fingerprint density at radius 1 is 0.981 bits per heavy atom. The lowest BCUT2D eigenvalue weighted by Crippen LogP contribution is -2.36. The largest absolute Gasteiger partial charge is 0.454 e. The Kier molecular flexibility index (Phi) is 14.0. The minimum Gasteiger partial charge on any atom is -0.454 e. The molecule has 286 valence electrons. The van der Waals surface area contributed by atoms with Crippen molar-refractivity contribution < 1.29 is 13.9 Å². The van der Waals surface area contributed by atoms with Crippen LogP contribution in [0.1, 0.15) is 134 Å².